The maximum Gasteiger partial charge on any atom is 0.111 e. The molecule has 1 rings (SSSR count). The van der Waals surface area contributed by atoms with Gasteiger partial charge in [-0.15, -0.1) is 6.58 Å². The second kappa shape index (κ2) is 2.36. The van der Waals surface area contributed by atoms with Crippen LogP contribution in [0.25, 0.3) is 0 Å². The highest BCUT2D eigenvalue weighted by atomic mass is 16.3. The van der Waals surface area contributed by atoms with E-state index in [4.69, 9.17) is 4.42 Å². The molecule has 1 aromatic heterocycles. The normalized spacial score (nSPS) is 9.00. The molecular weight excluding hydrogens is 100 g/mol. The van der Waals surface area contributed by atoms with Crippen LogP contribution in [0, 0.1) is 6.42 Å². The van der Waals surface area contributed by atoms with Gasteiger partial charge < -0.3 is 4.42 Å². The third-order valence-corrected chi connectivity index (χ3v) is 0.825. The summed E-state index contributed by atoms with van der Waals surface area (Å²) in [4.78, 5) is 0. The molecule has 0 spiro atoms. The van der Waals surface area contributed by atoms with Crippen LogP contribution in [0.2, 0.25) is 0 Å². The summed E-state index contributed by atoms with van der Waals surface area (Å²) in [6, 6.07) is 3.72. The molecular formula is C7H7O. The summed E-state index contributed by atoms with van der Waals surface area (Å²) in [7, 11) is 0. The number of allylic oxidation sites excluding steroid dienone is 1. The van der Waals surface area contributed by atoms with Crippen molar-refractivity contribution in [2.45, 2.75) is 0 Å². The minimum atomic E-state index is 0.847. The molecule has 0 amide bonds. The zero-order valence-electron chi connectivity index (χ0n) is 4.50. The Bertz CT molecular complexity index is 151. The largest absolute Gasteiger partial charge is 0.469 e. The Balaban J connectivity index is 2.62. The average Bonchev–Trinajstić information content (AvgIpc) is 2.19. The topological polar surface area (TPSA) is 13.1 Å². The van der Waals surface area contributed by atoms with Gasteiger partial charge >= 0.3 is 0 Å². The Morgan fingerprint density at radius 1 is 1.62 bits per heavy atom. The SMILES string of the molecule is C=C[CH]c1ccco1. The minimum absolute atomic E-state index is 0.847. The zero-order chi connectivity index (χ0) is 5.82. The highest BCUT2D eigenvalue weighted by Crippen LogP contribution is 2.01. The Morgan fingerprint density at radius 2 is 2.50 bits per heavy atom. The fourth-order valence-electron chi connectivity index (χ4n) is 0.502. The van der Waals surface area contributed by atoms with Crippen LogP contribution in [0.1, 0.15) is 5.76 Å². The molecule has 8 heavy (non-hydrogen) atoms. The lowest BCUT2D eigenvalue weighted by molar-refractivity contribution is 0.543. The fourth-order valence-corrected chi connectivity index (χ4v) is 0.502. The lowest BCUT2D eigenvalue weighted by Crippen LogP contribution is -1.65. The lowest BCUT2D eigenvalue weighted by Gasteiger charge is -1.81. The van der Waals surface area contributed by atoms with E-state index in [0.29, 0.717) is 0 Å². The molecule has 0 saturated carbocycles. The van der Waals surface area contributed by atoms with Crippen molar-refractivity contribution in [3.05, 3.63) is 43.2 Å². The smallest absolute Gasteiger partial charge is 0.111 e. The first-order chi connectivity index (χ1) is 3.93. The standard InChI is InChI=1S/C7H7O/c1-2-4-7-5-3-6-8-7/h2-6H,1H2. The van der Waals surface area contributed by atoms with Crippen LogP contribution in [0.4, 0.5) is 0 Å². The van der Waals surface area contributed by atoms with Crippen LogP contribution in [0.3, 0.4) is 0 Å². The van der Waals surface area contributed by atoms with Gasteiger partial charge in [-0.05, 0) is 12.1 Å². The van der Waals surface area contributed by atoms with E-state index in [1.54, 1.807) is 18.8 Å². The summed E-state index contributed by atoms with van der Waals surface area (Å²) in [5.74, 6) is 0.847. The monoisotopic (exact) mass is 107 g/mol. The molecule has 0 unspecified atom stereocenters. The van der Waals surface area contributed by atoms with Crippen molar-refractivity contribution in [1.82, 2.24) is 0 Å². The van der Waals surface area contributed by atoms with E-state index in [0.717, 1.165) is 5.76 Å². The molecule has 0 saturated heterocycles. The summed E-state index contributed by atoms with van der Waals surface area (Å²) >= 11 is 0. The molecule has 1 heteroatoms. The summed E-state index contributed by atoms with van der Waals surface area (Å²) in [5, 5.41) is 0. The van der Waals surface area contributed by atoms with Crippen LogP contribution in [0.5, 0.6) is 0 Å². The highest BCUT2D eigenvalue weighted by Gasteiger charge is 1.87. The second-order valence-corrected chi connectivity index (χ2v) is 1.42. The van der Waals surface area contributed by atoms with Gasteiger partial charge in [0, 0.05) is 6.42 Å². The molecule has 0 fully saturated rings. The molecule has 0 aliphatic rings. The molecule has 0 aliphatic heterocycles. The fraction of sp³-hybridized carbons (Fsp3) is 0. The molecule has 0 bridgehead atoms. The molecule has 1 aromatic rings. The minimum Gasteiger partial charge on any atom is -0.469 e. The van der Waals surface area contributed by atoms with Gasteiger partial charge in [-0.2, -0.15) is 0 Å². The van der Waals surface area contributed by atoms with Gasteiger partial charge in [0.2, 0.25) is 0 Å². The molecule has 0 aliphatic carbocycles. The number of rotatable bonds is 2. The highest BCUT2D eigenvalue weighted by molar-refractivity contribution is 5.15. The molecule has 1 radical (unpaired) electrons. The van der Waals surface area contributed by atoms with Crippen molar-refractivity contribution in [2.75, 3.05) is 0 Å². The van der Waals surface area contributed by atoms with Crippen LogP contribution in [0.15, 0.2) is 35.5 Å². The van der Waals surface area contributed by atoms with Crippen molar-refractivity contribution in [2.24, 2.45) is 0 Å². The summed E-state index contributed by atoms with van der Waals surface area (Å²) in [5.41, 5.74) is 0. The quantitative estimate of drug-likeness (QED) is 0.563. The average molecular weight is 107 g/mol. The summed E-state index contributed by atoms with van der Waals surface area (Å²) in [6.07, 6.45) is 5.13. The Kier molecular flexibility index (Phi) is 1.52. The first kappa shape index (κ1) is 5.16. The van der Waals surface area contributed by atoms with Crippen molar-refractivity contribution >= 4 is 0 Å². The van der Waals surface area contributed by atoms with E-state index >= 15 is 0 Å². The Labute approximate surface area is 48.6 Å². The van der Waals surface area contributed by atoms with E-state index in [9.17, 15) is 0 Å². The summed E-state index contributed by atoms with van der Waals surface area (Å²) in [6.45, 7) is 3.52. The lowest BCUT2D eigenvalue weighted by atomic mass is 10.3. The third kappa shape index (κ3) is 0.997. The first-order valence-electron chi connectivity index (χ1n) is 2.43. The predicted molar refractivity (Wildman–Crippen MR) is 32.3 cm³/mol. The van der Waals surface area contributed by atoms with E-state index in [2.05, 4.69) is 6.58 Å². The van der Waals surface area contributed by atoms with Crippen LogP contribution in [-0.2, 0) is 0 Å². The first-order valence-corrected chi connectivity index (χ1v) is 2.43. The van der Waals surface area contributed by atoms with Gasteiger partial charge in [0.25, 0.3) is 0 Å². The van der Waals surface area contributed by atoms with Gasteiger partial charge in [-0.25, -0.2) is 0 Å². The molecule has 41 valence electrons. The molecule has 0 atom stereocenters. The van der Waals surface area contributed by atoms with Crippen molar-refractivity contribution in [3.8, 4) is 0 Å². The molecule has 0 aromatic carbocycles. The maximum absolute atomic E-state index is 4.95. The third-order valence-electron chi connectivity index (χ3n) is 0.825. The van der Waals surface area contributed by atoms with Gasteiger partial charge in [-0.1, -0.05) is 6.08 Å². The number of furan rings is 1. The van der Waals surface area contributed by atoms with E-state index in [1.807, 2.05) is 12.1 Å². The van der Waals surface area contributed by atoms with E-state index in [1.165, 1.54) is 0 Å². The predicted octanol–water partition coefficient (Wildman–Crippen LogP) is 2.02. The zero-order valence-corrected chi connectivity index (χ0v) is 4.50. The van der Waals surface area contributed by atoms with Crippen molar-refractivity contribution < 1.29 is 4.42 Å². The summed E-state index contributed by atoms with van der Waals surface area (Å²) < 4.78 is 4.95. The van der Waals surface area contributed by atoms with Gasteiger partial charge in [0.1, 0.15) is 5.76 Å². The van der Waals surface area contributed by atoms with E-state index in [-0.39, 0.29) is 0 Å². The maximum atomic E-state index is 4.95. The van der Waals surface area contributed by atoms with Crippen molar-refractivity contribution in [3.63, 3.8) is 0 Å². The second-order valence-electron chi connectivity index (χ2n) is 1.42. The number of hydrogen-bond acceptors (Lipinski definition) is 1. The van der Waals surface area contributed by atoms with E-state index < -0.39 is 0 Å². The van der Waals surface area contributed by atoms with Gasteiger partial charge in [-0.3, -0.25) is 0 Å². The van der Waals surface area contributed by atoms with Crippen molar-refractivity contribution in [1.29, 1.82) is 0 Å². The van der Waals surface area contributed by atoms with Crippen LogP contribution in [-0.4, -0.2) is 0 Å². The Hall–Kier alpha value is -0.980. The van der Waals surface area contributed by atoms with Crippen LogP contribution >= 0.6 is 0 Å². The van der Waals surface area contributed by atoms with Crippen LogP contribution < -0.4 is 0 Å². The molecule has 0 N–H and O–H groups in total. The van der Waals surface area contributed by atoms with Gasteiger partial charge in [0.05, 0.1) is 6.26 Å². The van der Waals surface area contributed by atoms with Gasteiger partial charge in [0.15, 0.2) is 0 Å². The molecule has 1 nitrogen and oxygen atoms in total. The molecule has 1 heterocycles. The Morgan fingerprint density at radius 3 is 3.00 bits per heavy atom. The number of hydrogen-bond donors (Lipinski definition) is 0.